The van der Waals surface area contributed by atoms with Crippen molar-refractivity contribution >= 4 is 27.5 Å². The highest BCUT2D eigenvalue weighted by atomic mass is 32.2. The van der Waals surface area contributed by atoms with E-state index in [0.29, 0.717) is 11.6 Å². The van der Waals surface area contributed by atoms with Gasteiger partial charge in [-0.1, -0.05) is 11.8 Å². The Labute approximate surface area is 128 Å². The number of nitrogens with zero attached hydrogens (tertiary/aromatic N) is 3. The Morgan fingerprint density at radius 1 is 1.48 bits per heavy atom. The van der Waals surface area contributed by atoms with E-state index in [1.807, 2.05) is 18.4 Å². The molecule has 2 rings (SSSR count). The molecule has 1 aromatic rings. The first-order chi connectivity index (χ1) is 9.78. The summed E-state index contributed by atoms with van der Waals surface area (Å²) in [5.74, 6) is 0.0276. The highest BCUT2D eigenvalue weighted by Crippen LogP contribution is 2.24. The molecule has 1 saturated heterocycles. The summed E-state index contributed by atoms with van der Waals surface area (Å²) >= 11 is 1.32. The van der Waals surface area contributed by atoms with Gasteiger partial charge in [0, 0.05) is 12.1 Å². The van der Waals surface area contributed by atoms with Crippen molar-refractivity contribution < 1.29 is 13.2 Å². The number of rotatable bonds is 5. The minimum Gasteiger partial charge on any atom is -0.351 e. The van der Waals surface area contributed by atoms with Gasteiger partial charge in [-0.2, -0.15) is 0 Å². The number of thioether (sulfide) groups is 1. The molecule has 21 heavy (non-hydrogen) atoms. The monoisotopic (exact) mass is 332 g/mol. The molecule has 0 aromatic carbocycles. The molecule has 2 atom stereocenters. The zero-order valence-electron chi connectivity index (χ0n) is 12.3. The van der Waals surface area contributed by atoms with E-state index in [2.05, 4.69) is 15.5 Å². The second-order valence-corrected chi connectivity index (χ2v) is 9.02. The highest BCUT2D eigenvalue weighted by molar-refractivity contribution is 8.00. The van der Waals surface area contributed by atoms with E-state index >= 15 is 0 Å². The van der Waals surface area contributed by atoms with Crippen LogP contribution in [0.3, 0.4) is 0 Å². The number of carbonyl (C=O) groups excluding carboxylic acids is 1. The predicted octanol–water partition coefficient (Wildman–Crippen LogP) is 0.643. The molecule has 1 N–H and O–H groups in total. The Kier molecular flexibility index (Phi) is 4.92. The molecule has 9 heteroatoms. The molecular formula is C12H20N4O3S2. The summed E-state index contributed by atoms with van der Waals surface area (Å²) in [6, 6.07) is -0.0498. The van der Waals surface area contributed by atoms with Crippen molar-refractivity contribution in [3.05, 3.63) is 6.33 Å². The van der Waals surface area contributed by atoms with Crippen LogP contribution in [0.5, 0.6) is 0 Å². The largest absolute Gasteiger partial charge is 0.351 e. The third-order valence-corrected chi connectivity index (χ3v) is 6.17. The lowest BCUT2D eigenvalue weighted by Gasteiger charge is -2.16. The van der Waals surface area contributed by atoms with E-state index in [1.54, 1.807) is 13.3 Å². The highest BCUT2D eigenvalue weighted by Gasteiger charge is 2.30. The first-order valence-electron chi connectivity index (χ1n) is 6.85. The van der Waals surface area contributed by atoms with E-state index < -0.39 is 9.84 Å². The average Bonchev–Trinajstić information content (AvgIpc) is 2.95. The van der Waals surface area contributed by atoms with E-state index in [-0.39, 0.29) is 34.7 Å². The van der Waals surface area contributed by atoms with Crippen LogP contribution in [0.15, 0.2) is 11.5 Å². The smallest absolute Gasteiger partial charge is 0.233 e. The normalized spacial score (nSPS) is 22.4. The number of nitrogens with one attached hydrogen (secondary N) is 1. The number of carbonyl (C=O) groups is 1. The summed E-state index contributed by atoms with van der Waals surface area (Å²) < 4.78 is 24.7. The second-order valence-electron chi connectivity index (χ2n) is 5.48. The van der Waals surface area contributed by atoms with Gasteiger partial charge in [0.25, 0.3) is 0 Å². The third kappa shape index (κ3) is 4.19. The minimum absolute atomic E-state index is 0.0400. The number of aromatic nitrogens is 3. The summed E-state index contributed by atoms with van der Waals surface area (Å²) in [4.78, 5) is 12.1. The van der Waals surface area contributed by atoms with Crippen LogP contribution < -0.4 is 5.32 Å². The summed E-state index contributed by atoms with van der Waals surface area (Å²) in [6.45, 7) is 5.81. The average molecular weight is 332 g/mol. The first-order valence-corrected chi connectivity index (χ1v) is 9.55. The van der Waals surface area contributed by atoms with E-state index in [9.17, 15) is 13.2 Å². The quantitative estimate of drug-likeness (QED) is 0.795. The van der Waals surface area contributed by atoms with E-state index in [0.717, 1.165) is 0 Å². The Morgan fingerprint density at radius 3 is 2.76 bits per heavy atom. The molecular weight excluding hydrogens is 312 g/mol. The van der Waals surface area contributed by atoms with Gasteiger partial charge in [0.2, 0.25) is 5.91 Å². The van der Waals surface area contributed by atoms with Gasteiger partial charge in [0.05, 0.1) is 16.8 Å². The van der Waals surface area contributed by atoms with Gasteiger partial charge in [-0.05, 0) is 27.2 Å². The summed E-state index contributed by atoms with van der Waals surface area (Å²) in [5.41, 5.74) is 0. The standard InChI is InChI=1S/C12H20N4O3S2/c1-8(2)16-7-13-15-12(16)20-9(3)11(17)14-10-4-5-21(18,19)6-10/h7-10H,4-6H2,1-3H3,(H,14,17)/t9-,10-/m0/s1. The molecule has 0 unspecified atom stereocenters. The maximum Gasteiger partial charge on any atom is 0.233 e. The zero-order valence-corrected chi connectivity index (χ0v) is 13.9. The molecule has 1 aliphatic heterocycles. The Hall–Kier alpha value is -1.09. The topological polar surface area (TPSA) is 93.9 Å². The fourth-order valence-electron chi connectivity index (χ4n) is 2.11. The molecule has 1 aliphatic rings. The number of hydrogen-bond acceptors (Lipinski definition) is 6. The molecule has 0 saturated carbocycles. The Morgan fingerprint density at radius 2 is 2.19 bits per heavy atom. The van der Waals surface area contributed by atoms with Crippen molar-refractivity contribution in [2.75, 3.05) is 11.5 Å². The van der Waals surface area contributed by atoms with E-state index in [1.165, 1.54) is 11.8 Å². The number of hydrogen-bond donors (Lipinski definition) is 1. The molecule has 0 radical (unpaired) electrons. The van der Waals surface area contributed by atoms with Crippen molar-refractivity contribution in [2.24, 2.45) is 0 Å². The lowest BCUT2D eigenvalue weighted by molar-refractivity contribution is -0.120. The molecule has 1 fully saturated rings. The van der Waals surface area contributed by atoms with Crippen LogP contribution in [-0.2, 0) is 14.6 Å². The van der Waals surface area contributed by atoms with Crippen LogP contribution in [0.4, 0.5) is 0 Å². The number of amides is 1. The second kappa shape index (κ2) is 6.35. The van der Waals surface area contributed by atoms with Crippen LogP contribution in [-0.4, -0.2) is 51.9 Å². The minimum atomic E-state index is -2.98. The Balaban J connectivity index is 1.92. The van der Waals surface area contributed by atoms with Crippen molar-refractivity contribution in [3.63, 3.8) is 0 Å². The summed E-state index contributed by atoms with van der Waals surface area (Å²) in [5, 5.41) is 11.0. The predicted molar refractivity (Wildman–Crippen MR) is 80.9 cm³/mol. The van der Waals surface area contributed by atoms with Crippen LogP contribution in [0.25, 0.3) is 0 Å². The molecule has 2 heterocycles. The van der Waals surface area contributed by atoms with Crippen LogP contribution in [0.2, 0.25) is 0 Å². The van der Waals surface area contributed by atoms with Gasteiger partial charge >= 0.3 is 0 Å². The van der Waals surface area contributed by atoms with Crippen LogP contribution >= 0.6 is 11.8 Å². The van der Waals surface area contributed by atoms with Crippen LogP contribution in [0.1, 0.15) is 33.2 Å². The molecule has 0 spiro atoms. The van der Waals surface area contributed by atoms with Gasteiger partial charge < -0.3 is 9.88 Å². The molecule has 0 bridgehead atoms. The first kappa shape index (κ1) is 16.3. The van der Waals surface area contributed by atoms with Crippen LogP contribution in [0, 0.1) is 0 Å². The molecule has 118 valence electrons. The fourth-order valence-corrected chi connectivity index (χ4v) is 4.75. The molecule has 7 nitrogen and oxygen atoms in total. The van der Waals surface area contributed by atoms with Crippen molar-refractivity contribution in [1.29, 1.82) is 0 Å². The van der Waals surface area contributed by atoms with Gasteiger partial charge in [-0.25, -0.2) is 8.42 Å². The van der Waals surface area contributed by atoms with Crippen molar-refractivity contribution in [1.82, 2.24) is 20.1 Å². The van der Waals surface area contributed by atoms with Gasteiger partial charge in [-0.15, -0.1) is 10.2 Å². The molecule has 1 amide bonds. The fraction of sp³-hybridized carbons (Fsp3) is 0.750. The van der Waals surface area contributed by atoms with Crippen molar-refractivity contribution in [3.8, 4) is 0 Å². The number of sulfone groups is 1. The van der Waals surface area contributed by atoms with Gasteiger partial charge in [0.1, 0.15) is 6.33 Å². The molecule has 0 aliphatic carbocycles. The summed E-state index contributed by atoms with van der Waals surface area (Å²) in [7, 11) is -2.98. The lowest BCUT2D eigenvalue weighted by atomic mass is 10.2. The summed E-state index contributed by atoms with van der Waals surface area (Å²) in [6.07, 6.45) is 2.13. The lowest BCUT2D eigenvalue weighted by Crippen LogP contribution is -2.40. The van der Waals surface area contributed by atoms with Crippen molar-refractivity contribution in [2.45, 2.75) is 49.7 Å². The maximum atomic E-state index is 12.1. The third-order valence-electron chi connectivity index (χ3n) is 3.33. The molecule has 1 aromatic heterocycles. The zero-order chi connectivity index (χ0) is 15.6. The van der Waals surface area contributed by atoms with E-state index in [4.69, 9.17) is 0 Å². The van der Waals surface area contributed by atoms with Gasteiger partial charge in [-0.3, -0.25) is 4.79 Å². The maximum absolute atomic E-state index is 12.1. The SMILES string of the molecule is CC(C)n1cnnc1S[C@@H](C)C(=O)N[C@H]1CCS(=O)(=O)C1. The van der Waals surface area contributed by atoms with Gasteiger partial charge in [0.15, 0.2) is 15.0 Å². The Bertz CT molecular complexity index is 612.